The third-order valence-electron chi connectivity index (χ3n) is 3.22. The van der Waals surface area contributed by atoms with E-state index in [1.165, 1.54) is 0 Å². The van der Waals surface area contributed by atoms with E-state index in [0.717, 1.165) is 22.3 Å². The average Bonchev–Trinajstić information content (AvgIpc) is 3.20. The first-order valence-electron chi connectivity index (χ1n) is 6.04. The zero-order chi connectivity index (χ0) is 13.5. The molecule has 0 bridgehead atoms. The molecule has 4 aromatic rings. The quantitative estimate of drug-likeness (QED) is 0.568. The van der Waals surface area contributed by atoms with Crippen LogP contribution in [-0.4, -0.2) is 40.1 Å². The van der Waals surface area contributed by atoms with Gasteiger partial charge < -0.3 is 9.55 Å². The highest BCUT2D eigenvalue weighted by atomic mass is 15.5. The largest absolute Gasteiger partial charge is 0.335 e. The van der Waals surface area contributed by atoms with Crippen LogP contribution >= 0.6 is 0 Å². The number of aryl methyl sites for hydroxylation is 1. The maximum Gasteiger partial charge on any atom is 0.239 e. The van der Waals surface area contributed by atoms with E-state index in [2.05, 4.69) is 35.6 Å². The molecular formula is C12H10N8. The maximum absolute atomic E-state index is 4.55. The van der Waals surface area contributed by atoms with Gasteiger partial charge in [-0.2, -0.15) is 5.21 Å². The number of aromatic amines is 2. The van der Waals surface area contributed by atoms with Gasteiger partial charge in [0.2, 0.25) is 5.82 Å². The van der Waals surface area contributed by atoms with E-state index < -0.39 is 0 Å². The van der Waals surface area contributed by atoms with Gasteiger partial charge in [-0.15, -0.1) is 10.2 Å². The summed E-state index contributed by atoms with van der Waals surface area (Å²) in [4.78, 5) is 11.8. The van der Waals surface area contributed by atoms with Crippen LogP contribution in [0, 0.1) is 6.92 Å². The number of benzene rings is 1. The molecule has 0 aliphatic carbocycles. The normalized spacial score (nSPS) is 11.2. The summed E-state index contributed by atoms with van der Waals surface area (Å²) in [6.45, 7) is 2.03. The number of fused-ring (bicyclic) bond motifs is 1. The molecule has 1 aromatic carbocycles. The van der Waals surface area contributed by atoms with Gasteiger partial charge in [0.05, 0.1) is 23.0 Å². The van der Waals surface area contributed by atoms with Crippen LogP contribution in [0.5, 0.6) is 0 Å². The van der Waals surface area contributed by atoms with Crippen molar-refractivity contribution in [3.05, 3.63) is 36.4 Å². The molecule has 0 amide bonds. The van der Waals surface area contributed by atoms with Crippen LogP contribution in [0.25, 0.3) is 28.4 Å². The van der Waals surface area contributed by atoms with Crippen molar-refractivity contribution in [2.75, 3.05) is 0 Å². The lowest BCUT2D eigenvalue weighted by molar-refractivity contribution is 0.881. The molecule has 2 N–H and O–H groups in total. The predicted molar refractivity (Wildman–Crippen MR) is 71.1 cm³/mol. The van der Waals surface area contributed by atoms with Crippen molar-refractivity contribution in [2.24, 2.45) is 0 Å². The topological polar surface area (TPSA) is 101 Å². The molecule has 0 fully saturated rings. The van der Waals surface area contributed by atoms with Crippen LogP contribution in [0.15, 0.2) is 30.9 Å². The number of hydrogen-bond donors (Lipinski definition) is 2. The van der Waals surface area contributed by atoms with Gasteiger partial charge in [-0.05, 0) is 24.3 Å². The molecule has 0 saturated carbocycles. The lowest BCUT2D eigenvalue weighted by Crippen LogP contribution is -1.94. The van der Waals surface area contributed by atoms with Gasteiger partial charge in [-0.1, -0.05) is 0 Å². The first kappa shape index (κ1) is 10.9. The molecule has 3 aromatic heterocycles. The molecule has 0 unspecified atom stereocenters. The first-order valence-corrected chi connectivity index (χ1v) is 6.04. The second-order valence-electron chi connectivity index (χ2n) is 4.40. The summed E-state index contributed by atoms with van der Waals surface area (Å²) >= 11 is 0. The number of nitrogens with zero attached hydrogens (tertiary/aromatic N) is 6. The number of aromatic nitrogens is 8. The summed E-state index contributed by atoms with van der Waals surface area (Å²) in [5.41, 5.74) is 3.93. The molecular weight excluding hydrogens is 256 g/mol. The highest BCUT2D eigenvalue weighted by molar-refractivity contribution is 5.84. The molecule has 0 radical (unpaired) electrons. The van der Waals surface area contributed by atoms with Crippen molar-refractivity contribution in [1.29, 1.82) is 0 Å². The standard InChI is InChI=1S/C12H10N8/c1-7-9(20-5-4-13-6-20)3-2-8-10(7)15-11(14-8)12-16-18-19-17-12/h2-6H,1H3,(H,14,15)(H,16,17,18,19). The van der Waals surface area contributed by atoms with E-state index in [-0.39, 0.29) is 0 Å². The minimum absolute atomic E-state index is 0.449. The van der Waals surface area contributed by atoms with Gasteiger partial charge >= 0.3 is 0 Å². The second kappa shape index (κ2) is 3.98. The molecule has 8 nitrogen and oxygen atoms in total. The molecule has 20 heavy (non-hydrogen) atoms. The zero-order valence-corrected chi connectivity index (χ0v) is 10.6. The highest BCUT2D eigenvalue weighted by Crippen LogP contribution is 2.24. The van der Waals surface area contributed by atoms with Crippen molar-refractivity contribution in [1.82, 2.24) is 40.1 Å². The van der Waals surface area contributed by atoms with Gasteiger partial charge in [0.15, 0.2) is 5.82 Å². The van der Waals surface area contributed by atoms with Gasteiger partial charge in [-0.25, -0.2) is 9.97 Å². The molecule has 0 spiro atoms. The van der Waals surface area contributed by atoms with E-state index >= 15 is 0 Å². The van der Waals surface area contributed by atoms with Gasteiger partial charge in [0, 0.05) is 18.0 Å². The molecule has 98 valence electrons. The number of hydrogen-bond acceptors (Lipinski definition) is 5. The maximum atomic E-state index is 4.55. The Labute approximate surface area is 112 Å². The first-order chi connectivity index (χ1) is 9.83. The number of rotatable bonds is 2. The van der Waals surface area contributed by atoms with E-state index in [9.17, 15) is 0 Å². The van der Waals surface area contributed by atoms with Crippen molar-refractivity contribution in [2.45, 2.75) is 6.92 Å². The minimum atomic E-state index is 0.449. The third-order valence-corrected chi connectivity index (χ3v) is 3.22. The van der Waals surface area contributed by atoms with Crippen LogP contribution in [0.3, 0.4) is 0 Å². The zero-order valence-electron chi connectivity index (χ0n) is 10.6. The summed E-state index contributed by atoms with van der Waals surface area (Å²) in [5, 5.41) is 13.8. The van der Waals surface area contributed by atoms with Gasteiger partial charge in [-0.3, -0.25) is 0 Å². The summed E-state index contributed by atoms with van der Waals surface area (Å²) < 4.78 is 1.96. The lowest BCUT2D eigenvalue weighted by Gasteiger charge is -2.06. The summed E-state index contributed by atoms with van der Waals surface area (Å²) in [6, 6.07) is 4.01. The minimum Gasteiger partial charge on any atom is -0.335 e. The highest BCUT2D eigenvalue weighted by Gasteiger charge is 2.13. The van der Waals surface area contributed by atoms with Gasteiger partial charge in [0.25, 0.3) is 0 Å². The Kier molecular flexibility index (Phi) is 2.16. The van der Waals surface area contributed by atoms with Crippen molar-refractivity contribution < 1.29 is 0 Å². The molecule has 0 aliphatic heterocycles. The number of tetrazole rings is 1. The fourth-order valence-corrected chi connectivity index (χ4v) is 2.25. The predicted octanol–water partition coefficient (Wildman–Crippen LogP) is 1.24. The molecule has 8 heteroatoms. The van der Waals surface area contributed by atoms with Crippen LogP contribution in [-0.2, 0) is 0 Å². The van der Waals surface area contributed by atoms with Crippen molar-refractivity contribution in [3.63, 3.8) is 0 Å². The van der Waals surface area contributed by atoms with Crippen LogP contribution < -0.4 is 0 Å². The summed E-state index contributed by atoms with van der Waals surface area (Å²) in [7, 11) is 0. The van der Waals surface area contributed by atoms with E-state index in [0.29, 0.717) is 11.6 Å². The SMILES string of the molecule is Cc1c(-n2ccnc2)ccc2[nH]c(-c3nn[nH]n3)nc12. The molecule has 0 saturated heterocycles. The van der Waals surface area contributed by atoms with Gasteiger partial charge in [0.1, 0.15) is 0 Å². The van der Waals surface area contributed by atoms with Crippen LogP contribution in [0.4, 0.5) is 0 Å². The van der Waals surface area contributed by atoms with Crippen LogP contribution in [0.2, 0.25) is 0 Å². The lowest BCUT2D eigenvalue weighted by atomic mass is 10.1. The monoisotopic (exact) mass is 266 g/mol. The van der Waals surface area contributed by atoms with Crippen molar-refractivity contribution >= 4 is 11.0 Å². The number of H-pyrrole nitrogens is 2. The van der Waals surface area contributed by atoms with Crippen LogP contribution in [0.1, 0.15) is 5.56 Å². The Balaban J connectivity index is 1.93. The Morgan fingerprint density at radius 3 is 2.95 bits per heavy atom. The Bertz CT molecular complexity index is 857. The Hall–Kier alpha value is -3.03. The second-order valence-corrected chi connectivity index (χ2v) is 4.40. The van der Waals surface area contributed by atoms with Crippen molar-refractivity contribution in [3.8, 4) is 17.3 Å². The average molecular weight is 266 g/mol. The summed E-state index contributed by atoms with van der Waals surface area (Å²) in [6.07, 6.45) is 5.42. The molecule has 4 rings (SSSR count). The van der Waals surface area contributed by atoms with E-state index in [1.807, 2.05) is 29.8 Å². The molecule has 0 atom stereocenters. The van der Waals surface area contributed by atoms with E-state index in [4.69, 9.17) is 0 Å². The fraction of sp³-hybridized carbons (Fsp3) is 0.0833. The number of imidazole rings is 2. The molecule has 3 heterocycles. The number of nitrogens with one attached hydrogen (secondary N) is 2. The summed E-state index contributed by atoms with van der Waals surface area (Å²) in [5.74, 6) is 1.05. The van der Waals surface area contributed by atoms with E-state index in [1.54, 1.807) is 12.5 Å². The third kappa shape index (κ3) is 1.51. The Morgan fingerprint density at radius 1 is 1.25 bits per heavy atom. The fourth-order valence-electron chi connectivity index (χ4n) is 2.25. The Morgan fingerprint density at radius 2 is 2.20 bits per heavy atom. The molecule has 0 aliphatic rings. The smallest absolute Gasteiger partial charge is 0.239 e.